The lowest BCUT2D eigenvalue weighted by molar-refractivity contribution is -0.384. The number of nitro benzene ring substituents is 1. The van der Waals surface area contributed by atoms with E-state index in [9.17, 15) is 10.1 Å². The Morgan fingerprint density at radius 2 is 2.20 bits per heavy atom. The van der Waals surface area contributed by atoms with E-state index >= 15 is 0 Å². The zero-order chi connectivity index (χ0) is 14.1. The second-order valence-electron chi connectivity index (χ2n) is 5.50. The van der Waals surface area contributed by atoms with Crippen molar-refractivity contribution in [1.29, 1.82) is 0 Å². The van der Waals surface area contributed by atoms with Gasteiger partial charge in [-0.3, -0.25) is 10.1 Å². The van der Waals surface area contributed by atoms with Gasteiger partial charge in [0, 0.05) is 35.2 Å². The van der Waals surface area contributed by atoms with Gasteiger partial charge >= 0.3 is 0 Å². The number of anilines is 1. The Hall–Kier alpha value is -1.14. The quantitative estimate of drug-likeness (QED) is 0.679. The summed E-state index contributed by atoms with van der Waals surface area (Å²) in [5.41, 5.74) is 1.21. The topological polar surface area (TPSA) is 58.4 Å². The molecular weight excluding hydrogens is 322 g/mol. The van der Waals surface area contributed by atoms with Gasteiger partial charge in [0.15, 0.2) is 0 Å². The van der Waals surface area contributed by atoms with E-state index < -0.39 is 0 Å². The van der Waals surface area contributed by atoms with Crippen molar-refractivity contribution in [3.8, 4) is 0 Å². The lowest BCUT2D eigenvalue weighted by Crippen LogP contribution is -2.44. The summed E-state index contributed by atoms with van der Waals surface area (Å²) in [4.78, 5) is 12.9. The van der Waals surface area contributed by atoms with Gasteiger partial charge in [0.05, 0.1) is 10.6 Å². The van der Waals surface area contributed by atoms with Gasteiger partial charge in [-0.05, 0) is 54.2 Å². The number of halogens is 1. The Labute approximate surface area is 126 Å². The SMILES string of the molecule is O=[N+]([O-])c1ccc(N2CCCC2C2CCCN2)c(Br)c1. The fourth-order valence-electron chi connectivity index (χ4n) is 3.39. The molecule has 0 saturated carbocycles. The van der Waals surface area contributed by atoms with Gasteiger partial charge in [-0.25, -0.2) is 0 Å². The van der Waals surface area contributed by atoms with E-state index in [-0.39, 0.29) is 10.6 Å². The van der Waals surface area contributed by atoms with E-state index in [2.05, 4.69) is 26.1 Å². The highest BCUT2D eigenvalue weighted by Gasteiger charge is 2.34. The van der Waals surface area contributed by atoms with Crippen molar-refractivity contribution in [3.63, 3.8) is 0 Å². The van der Waals surface area contributed by atoms with Gasteiger partial charge in [-0.2, -0.15) is 0 Å². The highest BCUT2D eigenvalue weighted by Crippen LogP contribution is 2.36. The maximum Gasteiger partial charge on any atom is 0.270 e. The predicted octanol–water partition coefficient (Wildman–Crippen LogP) is 3.08. The summed E-state index contributed by atoms with van der Waals surface area (Å²) in [6.45, 7) is 2.13. The summed E-state index contributed by atoms with van der Waals surface area (Å²) in [7, 11) is 0. The molecule has 1 N–H and O–H groups in total. The highest BCUT2D eigenvalue weighted by atomic mass is 79.9. The second-order valence-corrected chi connectivity index (χ2v) is 6.35. The largest absolute Gasteiger partial charge is 0.366 e. The molecule has 0 bridgehead atoms. The van der Waals surface area contributed by atoms with Gasteiger partial charge in [-0.15, -0.1) is 0 Å². The number of nitrogens with zero attached hydrogens (tertiary/aromatic N) is 2. The molecule has 5 nitrogen and oxygen atoms in total. The van der Waals surface area contributed by atoms with Crippen molar-refractivity contribution in [2.24, 2.45) is 0 Å². The fourth-order valence-corrected chi connectivity index (χ4v) is 3.99. The number of benzene rings is 1. The fraction of sp³-hybridized carbons (Fsp3) is 0.571. The first-order chi connectivity index (χ1) is 9.66. The summed E-state index contributed by atoms with van der Waals surface area (Å²) < 4.78 is 0.816. The van der Waals surface area contributed by atoms with E-state index in [0.717, 1.165) is 23.2 Å². The molecule has 0 aromatic heterocycles. The Morgan fingerprint density at radius 3 is 2.85 bits per heavy atom. The molecule has 2 heterocycles. The zero-order valence-electron chi connectivity index (χ0n) is 11.2. The minimum absolute atomic E-state index is 0.135. The summed E-state index contributed by atoms with van der Waals surface area (Å²) in [5, 5.41) is 14.4. The molecule has 2 saturated heterocycles. The molecule has 108 valence electrons. The molecule has 1 aromatic carbocycles. The molecule has 3 rings (SSSR count). The lowest BCUT2D eigenvalue weighted by Gasteiger charge is -2.32. The average Bonchev–Trinajstić information content (AvgIpc) is 3.09. The van der Waals surface area contributed by atoms with Gasteiger partial charge in [-0.1, -0.05) is 0 Å². The molecule has 2 aliphatic heterocycles. The zero-order valence-corrected chi connectivity index (χ0v) is 12.8. The van der Waals surface area contributed by atoms with Gasteiger partial charge in [0.1, 0.15) is 0 Å². The molecule has 0 amide bonds. The molecule has 20 heavy (non-hydrogen) atoms. The Kier molecular flexibility index (Phi) is 3.94. The van der Waals surface area contributed by atoms with E-state index in [0.29, 0.717) is 12.1 Å². The molecule has 2 unspecified atom stereocenters. The Morgan fingerprint density at radius 1 is 1.35 bits per heavy atom. The molecular formula is C14H18BrN3O2. The summed E-state index contributed by atoms with van der Waals surface area (Å²) >= 11 is 3.50. The molecule has 6 heteroatoms. The van der Waals surface area contributed by atoms with E-state index in [1.165, 1.54) is 25.7 Å². The van der Waals surface area contributed by atoms with Crippen LogP contribution in [0.15, 0.2) is 22.7 Å². The van der Waals surface area contributed by atoms with Crippen LogP contribution in [-0.2, 0) is 0 Å². The third kappa shape index (κ3) is 2.54. The summed E-state index contributed by atoms with van der Waals surface area (Å²) in [6, 6.07) is 6.13. The van der Waals surface area contributed by atoms with Gasteiger partial charge in [0.2, 0.25) is 0 Å². The monoisotopic (exact) mass is 339 g/mol. The number of nitrogens with one attached hydrogen (secondary N) is 1. The minimum atomic E-state index is -0.353. The maximum absolute atomic E-state index is 10.8. The Balaban J connectivity index is 1.85. The second kappa shape index (κ2) is 5.69. The summed E-state index contributed by atoms with van der Waals surface area (Å²) in [6.07, 6.45) is 4.86. The minimum Gasteiger partial charge on any atom is -0.366 e. The summed E-state index contributed by atoms with van der Waals surface area (Å²) in [5.74, 6) is 0. The maximum atomic E-state index is 10.8. The van der Waals surface area contributed by atoms with Crippen molar-refractivity contribution >= 4 is 27.3 Å². The van der Waals surface area contributed by atoms with Gasteiger partial charge in [0.25, 0.3) is 5.69 Å². The van der Waals surface area contributed by atoms with E-state index in [1.54, 1.807) is 12.1 Å². The first kappa shape index (κ1) is 13.8. The third-order valence-electron chi connectivity index (χ3n) is 4.31. The van der Waals surface area contributed by atoms with E-state index in [4.69, 9.17) is 0 Å². The number of rotatable bonds is 3. The van der Waals surface area contributed by atoms with Gasteiger partial charge < -0.3 is 10.2 Å². The van der Waals surface area contributed by atoms with Crippen molar-refractivity contribution in [2.75, 3.05) is 18.0 Å². The predicted molar refractivity (Wildman–Crippen MR) is 82.2 cm³/mol. The van der Waals surface area contributed by atoms with Crippen LogP contribution in [0.5, 0.6) is 0 Å². The molecule has 0 aliphatic carbocycles. The van der Waals surface area contributed by atoms with Crippen LogP contribution in [0.1, 0.15) is 25.7 Å². The van der Waals surface area contributed by atoms with Crippen molar-refractivity contribution < 1.29 is 4.92 Å². The first-order valence-electron chi connectivity index (χ1n) is 7.11. The van der Waals surface area contributed by atoms with Crippen LogP contribution in [0.25, 0.3) is 0 Å². The first-order valence-corrected chi connectivity index (χ1v) is 7.90. The van der Waals surface area contributed by atoms with Crippen LogP contribution < -0.4 is 10.2 Å². The van der Waals surface area contributed by atoms with Crippen molar-refractivity contribution in [3.05, 3.63) is 32.8 Å². The number of nitro groups is 1. The molecule has 2 fully saturated rings. The van der Waals surface area contributed by atoms with Crippen LogP contribution in [0.3, 0.4) is 0 Å². The standard InChI is InChI=1S/C14H18BrN3O2/c15-11-9-10(18(19)20)5-6-13(11)17-8-2-4-14(17)12-3-1-7-16-12/h5-6,9,12,14,16H,1-4,7-8H2. The van der Waals surface area contributed by atoms with Crippen LogP contribution in [0, 0.1) is 10.1 Å². The van der Waals surface area contributed by atoms with Crippen LogP contribution in [0.4, 0.5) is 11.4 Å². The molecule has 2 atom stereocenters. The van der Waals surface area contributed by atoms with Crippen molar-refractivity contribution in [1.82, 2.24) is 5.32 Å². The molecule has 0 spiro atoms. The molecule has 2 aliphatic rings. The van der Waals surface area contributed by atoms with Crippen LogP contribution in [0.2, 0.25) is 0 Å². The van der Waals surface area contributed by atoms with E-state index in [1.807, 2.05) is 6.07 Å². The number of hydrogen-bond donors (Lipinski definition) is 1. The van der Waals surface area contributed by atoms with Crippen molar-refractivity contribution in [2.45, 2.75) is 37.8 Å². The number of non-ortho nitro benzene ring substituents is 1. The smallest absolute Gasteiger partial charge is 0.270 e. The number of hydrogen-bond acceptors (Lipinski definition) is 4. The molecule has 1 aromatic rings. The van der Waals surface area contributed by atoms with Crippen LogP contribution >= 0.6 is 15.9 Å². The average molecular weight is 340 g/mol. The Bertz CT molecular complexity index is 517. The highest BCUT2D eigenvalue weighted by molar-refractivity contribution is 9.10. The third-order valence-corrected chi connectivity index (χ3v) is 4.95. The van der Waals surface area contributed by atoms with Crippen LogP contribution in [-0.4, -0.2) is 30.1 Å². The normalized spacial score (nSPS) is 26.1. The lowest BCUT2D eigenvalue weighted by atomic mass is 10.0. The molecule has 0 radical (unpaired) electrons.